The second-order valence-corrected chi connectivity index (χ2v) is 16.4. The number of carbonyl (C=O) groups is 2. The lowest BCUT2D eigenvalue weighted by Crippen LogP contribution is -2.39. The fraction of sp³-hybridized carbons (Fsp3) is 0.562. The highest BCUT2D eigenvalue weighted by atomic mass is 32.2. The normalized spacial score (nSPS) is 17.0. The average molecular weight is 653 g/mol. The third-order valence-corrected chi connectivity index (χ3v) is 12.5. The molecule has 4 aliphatic rings. The van der Waals surface area contributed by atoms with Crippen LogP contribution in [-0.2, 0) is 71.4 Å². The molecule has 1 atom stereocenters. The molecule has 248 valence electrons. The first-order chi connectivity index (χ1) is 20.9. The first-order valence-electron chi connectivity index (χ1n) is 15.9. The summed E-state index contributed by atoms with van der Waals surface area (Å²) >= 11 is 0. The predicted octanol–water partition coefficient (Wildman–Crippen LogP) is 6.03. The number of benzene rings is 2. The molecule has 0 spiro atoms. The summed E-state index contributed by atoms with van der Waals surface area (Å²) in [6, 6.07) is 3.27. The van der Waals surface area contributed by atoms with Gasteiger partial charge in [0.1, 0.15) is 0 Å². The quantitative estimate of drug-likeness (QED) is 0.287. The summed E-state index contributed by atoms with van der Waals surface area (Å²) in [4.78, 5) is 24.2. The Hall–Kier alpha value is -3.12. The van der Waals surface area contributed by atoms with Crippen LogP contribution in [0.3, 0.4) is 0 Å². The van der Waals surface area contributed by atoms with Crippen molar-refractivity contribution in [3.05, 3.63) is 56.6 Å². The lowest BCUT2D eigenvalue weighted by Gasteiger charge is -2.17. The van der Waals surface area contributed by atoms with Gasteiger partial charge in [-0.05, 0) is 142 Å². The van der Waals surface area contributed by atoms with Crippen LogP contribution in [0.1, 0.15) is 103 Å². The monoisotopic (exact) mass is 652 g/mol. The van der Waals surface area contributed by atoms with Crippen LogP contribution >= 0.6 is 0 Å². The molecule has 10 nitrogen and oxygen atoms in total. The van der Waals surface area contributed by atoms with Crippen molar-refractivity contribution in [1.82, 2.24) is 9.44 Å². The van der Waals surface area contributed by atoms with Gasteiger partial charge in [-0.25, -0.2) is 35.9 Å². The fourth-order valence-electron chi connectivity index (χ4n) is 6.88. The van der Waals surface area contributed by atoms with Crippen LogP contribution in [0.4, 0.5) is 21.0 Å². The number of amides is 4. The zero-order chi connectivity index (χ0) is 31.6. The van der Waals surface area contributed by atoms with Crippen LogP contribution in [0.2, 0.25) is 0 Å². The molecule has 44 heavy (non-hydrogen) atoms. The summed E-state index contributed by atoms with van der Waals surface area (Å²) < 4.78 is 51.3. The molecule has 0 heterocycles. The molecule has 2 aromatic rings. The van der Waals surface area contributed by atoms with Crippen molar-refractivity contribution in [2.75, 3.05) is 16.4 Å². The maximum atomic E-state index is 12.2. The van der Waals surface area contributed by atoms with Gasteiger partial charge >= 0.3 is 12.1 Å². The summed E-state index contributed by atoms with van der Waals surface area (Å²) in [5.41, 5.74) is 11.7. The number of aryl methyl sites for hydroxylation is 4. The number of fused-ring (bicyclic) bond motifs is 4. The van der Waals surface area contributed by atoms with Crippen LogP contribution in [0.15, 0.2) is 12.1 Å². The van der Waals surface area contributed by atoms with Crippen molar-refractivity contribution in [1.29, 1.82) is 0 Å². The Bertz CT molecular complexity index is 1640. The van der Waals surface area contributed by atoms with Crippen molar-refractivity contribution in [2.24, 2.45) is 0 Å². The molecular formula is C32H52N4O6S2. The van der Waals surface area contributed by atoms with E-state index in [0.717, 1.165) is 88.4 Å². The Morgan fingerprint density at radius 2 is 1.02 bits per heavy atom. The number of rotatable bonds is 7. The SMILES string of the molecule is CCC(C)S(=O)(=O)NC(=O)Nc1c2c(cc3c1CCC3)CCC2.CCS(=O)(=O)NC(=O)Nc1c2c(cc3c1CCC3)CCC2.[HH].[HH].[HH].[HH]. The summed E-state index contributed by atoms with van der Waals surface area (Å²) in [5.74, 6) is -0.106. The first-order valence-corrected chi connectivity index (χ1v) is 19.1. The fourth-order valence-corrected chi connectivity index (χ4v) is 8.30. The molecule has 0 bridgehead atoms. The number of sulfonamides is 2. The molecule has 0 saturated carbocycles. The highest BCUT2D eigenvalue weighted by Gasteiger charge is 2.28. The van der Waals surface area contributed by atoms with Crippen molar-refractivity contribution < 1.29 is 32.1 Å². The molecule has 0 aromatic heterocycles. The predicted molar refractivity (Wildman–Crippen MR) is 182 cm³/mol. The minimum Gasteiger partial charge on any atom is -0.307 e. The maximum Gasteiger partial charge on any atom is 0.332 e. The van der Waals surface area contributed by atoms with E-state index in [1.807, 2.05) is 0 Å². The van der Waals surface area contributed by atoms with Gasteiger partial charge < -0.3 is 10.6 Å². The number of anilines is 2. The standard InChI is InChI=1S/C17H24N2O3S.C15H20N2O3S.4H2/c1-3-11(2)23(21,22)19-17(20)18-16-14-8-4-6-12(14)10-13-7-5-9-15(13)16;1-2-21(19,20)17-15(18)16-14-12-7-3-5-10(12)9-11-6-4-8-13(11)14;;;;/h10-11H,3-9H2,1-2H3,(H2,18,19,20);9H,2-8H2,1H3,(H2,16,17,18);4*1H. The highest BCUT2D eigenvalue weighted by Crippen LogP contribution is 2.39. The van der Waals surface area contributed by atoms with Gasteiger partial charge in [-0.2, -0.15) is 0 Å². The number of carbonyl (C=O) groups excluding carboxylic acids is 2. The second-order valence-electron chi connectivity index (χ2n) is 12.2. The van der Waals surface area contributed by atoms with Crippen molar-refractivity contribution in [3.8, 4) is 0 Å². The number of hydrogen-bond acceptors (Lipinski definition) is 6. The molecule has 0 fully saturated rings. The first kappa shape index (κ1) is 32.3. The van der Waals surface area contributed by atoms with Crippen LogP contribution in [-0.4, -0.2) is 39.9 Å². The van der Waals surface area contributed by atoms with Crippen molar-refractivity contribution in [3.63, 3.8) is 0 Å². The van der Waals surface area contributed by atoms with Gasteiger partial charge in [0, 0.05) is 17.1 Å². The summed E-state index contributed by atoms with van der Waals surface area (Å²) in [7, 11) is -7.15. The third-order valence-electron chi connectivity index (χ3n) is 9.39. The zero-order valence-electron chi connectivity index (χ0n) is 25.9. The molecule has 2 aromatic carbocycles. The van der Waals surface area contributed by atoms with E-state index in [1.165, 1.54) is 51.4 Å². The van der Waals surface area contributed by atoms with Crippen LogP contribution < -0.4 is 20.1 Å². The molecule has 4 amide bonds. The minimum absolute atomic E-state index is 0. The Labute approximate surface area is 267 Å². The lowest BCUT2D eigenvalue weighted by molar-refractivity contribution is 0.255. The summed E-state index contributed by atoms with van der Waals surface area (Å²) in [6.45, 7) is 4.90. The van der Waals surface area contributed by atoms with Gasteiger partial charge in [0.15, 0.2) is 0 Å². The largest absolute Gasteiger partial charge is 0.332 e. The Morgan fingerprint density at radius 3 is 1.36 bits per heavy atom. The van der Waals surface area contributed by atoms with E-state index in [1.54, 1.807) is 13.8 Å². The van der Waals surface area contributed by atoms with Crippen molar-refractivity contribution in [2.45, 2.75) is 109 Å². The maximum absolute atomic E-state index is 12.2. The smallest absolute Gasteiger partial charge is 0.307 e. The Morgan fingerprint density at radius 1 is 0.659 bits per heavy atom. The third kappa shape index (κ3) is 6.91. The van der Waals surface area contributed by atoms with Gasteiger partial charge in [0.2, 0.25) is 20.0 Å². The van der Waals surface area contributed by atoms with Gasteiger partial charge in [-0.1, -0.05) is 19.1 Å². The molecule has 0 radical (unpaired) electrons. The molecule has 12 heteroatoms. The molecule has 0 saturated heterocycles. The van der Waals surface area contributed by atoms with Crippen LogP contribution in [0, 0.1) is 0 Å². The molecule has 4 N–H and O–H groups in total. The van der Waals surface area contributed by atoms with E-state index >= 15 is 0 Å². The Kier molecular flexibility index (Phi) is 9.60. The van der Waals surface area contributed by atoms with Gasteiger partial charge in [-0.3, -0.25) is 0 Å². The second kappa shape index (κ2) is 13.1. The zero-order valence-corrected chi connectivity index (χ0v) is 27.5. The minimum atomic E-state index is -3.62. The molecule has 6 rings (SSSR count). The Balaban J connectivity index is 0.000000444. The number of hydrogen-bond donors (Lipinski definition) is 4. The summed E-state index contributed by atoms with van der Waals surface area (Å²) in [6.07, 6.45) is 12.9. The van der Waals surface area contributed by atoms with E-state index < -0.39 is 37.4 Å². The van der Waals surface area contributed by atoms with Gasteiger partial charge in [0.05, 0.1) is 11.0 Å². The van der Waals surface area contributed by atoms with E-state index in [2.05, 4.69) is 32.2 Å². The van der Waals surface area contributed by atoms with Crippen LogP contribution in [0.25, 0.3) is 0 Å². The molecular weight excluding hydrogens is 601 g/mol. The number of urea groups is 2. The molecule has 4 aliphatic carbocycles. The number of nitrogens with one attached hydrogen (secondary N) is 4. The van der Waals surface area contributed by atoms with E-state index in [9.17, 15) is 26.4 Å². The van der Waals surface area contributed by atoms with Crippen LogP contribution in [0.5, 0.6) is 0 Å². The molecule has 1 unspecified atom stereocenters. The van der Waals surface area contributed by atoms with E-state index in [-0.39, 0.29) is 11.5 Å². The topological polar surface area (TPSA) is 151 Å². The highest BCUT2D eigenvalue weighted by molar-refractivity contribution is 7.90. The average Bonchev–Trinajstić information content (AvgIpc) is 3.79. The summed E-state index contributed by atoms with van der Waals surface area (Å²) in [5, 5.41) is 5.07. The van der Waals surface area contributed by atoms with Crippen molar-refractivity contribution >= 4 is 43.5 Å². The van der Waals surface area contributed by atoms with Gasteiger partial charge in [-0.15, -0.1) is 0 Å². The van der Waals surface area contributed by atoms with Gasteiger partial charge in [0.25, 0.3) is 0 Å². The molecule has 0 aliphatic heterocycles. The lowest BCUT2D eigenvalue weighted by atomic mass is 9.99. The van der Waals surface area contributed by atoms with E-state index in [4.69, 9.17) is 0 Å². The van der Waals surface area contributed by atoms with E-state index in [0.29, 0.717) is 6.42 Å².